The standard InChI is InChI=1S/C20H23N3O8S/c1-3-30-16-6-8-17(9-7-16)32(28,29)21-11-10-20(25)31-13-19(24)22-15-5-4-14(2)18(12-15)23(26)27/h4-9,12,21H,3,10-11,13H2,1-2H3,(H,22,24). The van der Waals surface area contributed by atoms with Gasteiger partial charge in [0.15, 0.2) is 6.61 Å². The summed E-state index contributed by atoms with van der Waals surface area (Å²) in [5.74, 6) is -0.940. The van der Waals surface area contributed by atoms with E-state index in [-0.39, 0.29) is 29.2 Å². The van der Waals surface area contributed by atoms with Gasteiger partial charge in [-0.1, -0.05) is 6.07 Å². The molecule has 0 aliphatic heterocycles. The zero-order valence-electron chi connectivity index (χ0n) is 17.5. The molecule has 0 heterocycles. The Morgan fingerprint density at radius 1 is 1.12 bits per heavy atom. The fourth-order valence-electron chi connectivity index (χ4n) is 2.55. The Bertz CT molecular complexity index is 1080. The number of nitrogens with one attached hydrogen (secondary N) is 2. The normalized spacial score (nSPS) is 10.9. The average Bonchev–Trinajstić information content (AvgIpc) is 2.74. The van der Waals surface area contributed by atoms with Crippen molar-refractivity contribution in [3.05, 3.63) is 58.1 Å². The van der Waals surface area contributed by atoms with Gasteiger partial charge in [-0.25, -0.2) is 13.1 Å². The monoisotopic (exact) mass is 465 g/mol. The third-order valence-electron chi connectivity index (χ3n) is 4.12. The lowest BCUT2D eigenvalue weighted by molar-refractivity contribution is -0.385. The van der Waals surface area contributed by atoms with E-state index in [1.807, 2.05) is 6.92 Å². The second kappa shape index (κ2) is 11.2. The number of rotatable bonds is 11. The largest absolute Gasteiger partial charge is 0.494 e. The number of carbonyl (C=O) groups is 2. The maximum absolute atomic E-state index is 12.2. The van der Waals surface area contributed by atoms with E-state index in [0.717, 1.165) is 0 Å². The fraction of sp³-hybridized carbons (Fsp3) is 0.300. The van der Waals surface area contributed by atoms with Crippen LogP contribution in [0.25, 0.3) is 0 Å². The number of hydrogen-bond acceptors (Lipinski definition) is 8. The number of amides is 1. The van der Waals surface area contributed by atoms with Gasteiger partial charge in [0.2, 0.25) is 10.0 Å². The van der Waals surface area contributed by atoms with E-state index < -0.39 is 33.4 Å². The first-order valence-corrected chi connectivity index (χ1v) is 11.0. The van der Waals surface area contributed by atoms with Gasteiger partial charge in [-0.15, -0.1) is 0 Å². The van der Waals surface area contributed by atoms with Gasteiger partial charge in [0.25, 0.3) is 11.6 Å². The summed E-state index contributed by atoms with van der Waals surface area (Å²) < 4.78 is 36.8. The SMILES string of the molecule is CCOc1ccc(S(=O)(=O)NCCC(=O)OCC(=O)Nc2ccc(C)c([N+](=O)[O-])c2)cc1. The summed E-state index contributed by atoms with van der Waals surface area (Å²) in [7, 11) is -3.82. The Labute approximate surface area is 184 Å². The van der Waals surface area contributed by atoms with E-state index in [1.165, 1.54) is 42.5 Å². The minimum absolute atomic E-state index is 0.0147. The average molecular weight is 465 g/mol. The number of carbonyl (C=O) groups excluding carboxylic acids is 2. The predicted octanol–water partition coefficient (Wildman–Crippen LogP) is 2.15. The van der Waals surface area contributed by atoms with E-state index in [9.17, 15) is 28.1 Å². The number of anilines is 1. The molecule has 2 N–H and O–H groups in total. The number of nitrogens with zero attached hydrogens (tertiary/aromatic N) is 1. The highest BCUT2D eigenvalue weighted by atomic mass is 32.2. The number of sulfonamides is 1. The van der Waals surface area contributed by atoms with E-state index in [4.69, 9.17) is 9.47 Å². The molecule has 12 heteroatoms. The van der Waals surface area contributed by atoms with Gasteiger partial charge in [0.1, 0.15) is 5.75 Å². The number of hydrogen-bond donors (Lipinski definition) is 2. The van der Waals surface area contributed by atoms with Crippen molar-refractivity contribution in [2.45, 2.75) is 25.2 Å². The van der Waals surface area contributed by atoms with Crippen LogP contribution in [0.2, 0.25) is 0 Å². The molecule has 0 unspecified atom stereocenters. The summed E-state index contributed by atoms with van der Waals surface area (Å²) in [5.41, 5.74) is 0.471. The molecule has 0 spiro atoms. The van der Waals surface area contributed by atoms with Gasteiger partial charge in [-0.3, -0.25) is 19.7 Å². The highest BCUT2D eigenvalue weighted by Gasteiger charge is 2.16. The van der Waals surface area contributed by atoms with Crippen LogP contribution >= 0.6 is 0 Å². The van der Waals surface area contributed by atoms with Crippen molar-refractivity contribution < 1.29 is 32.4 Å². The number of ether oxygens (including phenoxy) is 2. The predicted molar refractivity (Wildman–Crippen MR) is 115 cm³/mol. The fourth-order valence-corrected chi connectivity index (χ4v) is 3.58. The van der Waals surface area contributed by atoms with Crippen LogP contribution in [0.1, 0.15) is 18.9 Å². The van der Waals surface area contributed by atoms with Crippen molar-refractivity contribution in [1.29, 1.82) is 0 Å². The third kappa shape index (κ3) is 7.32. The molecule has 0 radical (unpaired) electrons. The summed E-state index contributed by atoms with van der Waals surface area (Å²) in [6.45, 7) is 2.99. The zero-order valence-corrected chi connectivity index (χ0v) is 18.3. The molecule has 0 atom stereocenters. The Balaban J connectivity index is 1.77. The van der Waals surface area contributed by atoms with Crippen LogP contribution in [0.4, 0.5) is 11.4 Å². The molecule has 0 aromatic heterocycles. The van der Waals surface area contributed by atoms with Crippen LogP contribution in [-0.4, -0.2) is 45.0 Å². The number of esters is 1. The van der Waals surface area contributed by atoms with Crippen molar-refractivity contribution in [2.24, 2.45) is 0 Å². The summed E-state index contributed by atoms with van der Waals surface area (Å²) >= 11 is 0. The van der Waals surface area contributed by atoms with Crippen molar-refractivity contribution in [1.82, 2.24) is 4.72 Å². The van der Waals surface area contributed by atoms with Crippen molar-refractivity contribution in [3.63, 3.8) is 0 Å². The highest BCUT2D eigenvalue weighted by Crippen LogP contribution is 2.22. The first-order chi connectivity index (χ1) is 15.1. The highest BCUT2D eigenvalue weighted by molar-refractivity contribution is 7.89. The molecule has 2 rings (SSSR count). The Hall–Kier alpha value is -3.51. The van der Waals surface area contributed by atoms with Crippen LogP contribution in [-0.2, 0) is 24.3 Å². The Morgan fingerprint density at radius 2 is 1.81 bits per heavy atom. The molecular formula is C20H23N3O8S. The van der Waals surface area contributed by atoms with E-state index in [1.54, 1.807) is 6.92 Å². The second-order valence-electron chi connectivity index (χ2n) is 6.52. The lowest BCUT2D eigenvalue weighted by atomic mass is 10.2. The van der Waals surface area contributed by atoms with Crippen LogP contribution < -0.4 is 14.8 Å². The van der Waals surface area contributed by atoms with Gasteiger partial charge >= 0.3 is 5.97 Å². The Morgan fingerprint density at radius 3 is 2.44 bits per heavy atom. The van der Waals surface area contributed by atoms with E-state index >= 15 is 0 Å². The van der Waals surface area contributed by atoms with Gasteiger partial charge in [0.05, 0.1) is 22.8 Å². The molecule has 1 amide bonds. The van der Waals surface area contributed by atoms with Crippen molar-refractivity contribution in [2.75, 3.05) is 25.1 Å². The number of nitro benzene ring substituents is 1. The zero-order chi connectivity index (χ0) is 23.7. The number of nitro groups is 1. The summed E-state index contributed by atoms with van der Waals surface area (Å²) in [5, 5.41) is 13.3. The molecule has 2 aromatic carbocycles. The topological polar surface area (TPSA) is 154 Å². The van der Waals surface area contributed by atoms with Crippen LogP contribution in [0, 0.1) is 17.0 Å². The van der Waals surface area contributed by atoms with E-state index in [2.05, 4.69) is 10.0 Å². The van der Waals surface area contributed by atoms with Gasteiger partial charge in [-0.05, 0) is 44.2 Å². The van der Waals surface area contributed by atoms with Crippen molar-refractivity contribution >= 4 is 33.3 Å². The third-order valence-corrected chi connectivity index (χ3v) is 5.60. The summed E-state index contributed by atoms with van der Waals surface area (Å²) in [6, 6.07) is 9.97. The number of benzene rings is 2. The lowest BCUT2D eigenvalue weighted by Crippen LogP contribution is -2.28. The van der Waals surface area contributed by atoms with E-state index in [0.29, 0.717) is 17.9 Å². The molecule has 0 aliphatic rings. The first-order valence-electron chi connectivity index (χ1n) is 9.55. The van der Waals surface area contributed by atoms with Crippen LogP contribution in [0.15, 0.2) is 47.4 Å². The first kappa shape index (κ1) is 24.8. The molecule has 32 heavy (non-hydrogen) atoms. The van der Waals surface area contributed by atoms with Crippen LogP contribution in [0.5, 0.6) is 5.75 Å². The number of aryl methyl sites for hydroxylation is 1. The Kier molecular flexibility index (Phi) is 8.67. The molecular weight excluding hydrogens is 442 g/mol. The molecule has 0 saturated heterocycles. The second-order valence-corrected chi connectivity index (χ2v) is 8.29. The van der Waals surface area contributed by atoms with Crippen molar-refractivity contribution in [3.8, 4) is 5.75 Å². The van der Waals surface area contributed by atoms with Gasteiger partial charge in [-0.2, -0.15) is 0 Å². The quantitative estimate of drug-likeness (QED) is 0.291. The van der Waals surface area contributed by atoms with Gasteiger partial charge < -0.3 is 14.8 Å². The molecule has 11 nitrogen and oxygen atoms in total. The molecule has 0 fully saturated rings. The molecule has 0 saturated carbocycles. The smallest absolute Gasteiger partial charge is 0.307 e. The summed E-state index contributed by atoms with van der Waals surface area (Å²) in [6.07, 6.45) is -0.292. The van der Waals surface area contributed by atoms with Crippen LogP contribution in [0.3, 0.4) is 0 Å². The molecule has 0 bridgehead atoms. The molecule has 172 valence electrons. The minimum Gasteiger partial charge on any atom is -0.494 e. The maximum atomic E-state index is 12.2. The van der Waals surface area contributed by atoms with Gasteiger partial charge in [0, 0.05) is 23.9 Å². The summed E-state index contributed by atoms with van der Waals surface area (Å²) in [4.78, 5) is 34.1. The maximum Gasteiger partial charge on any atom is 0.307 e. The molecule has 0 aliphatic carbocycles. The minimum atomic E-state index is -3.82. The molecule has 2 aromatic rings. The lowest BCUT2D eigenvalue weighted by Gasteiger charge is -2.09.